The van der Waals surface area contributed by atoms with E-state index in [1.165, 1.54) is 12.1 Å². The fraction of sp³-hybridized carbons (Fsp3) is 0.400. The molecule has 108 valence electrons. The largest absolute Gasteiger partial charge is 0.396 e. The summed E-state index contributed by atoms with van der Waals surface area (Å²) in [5.74, 6) is -0.266. The van der Waals surface area contributed by atoms with Crippen LogP contribution in [0.2, 0.25) is 5.02 Å². The molecule has 1 atom stereocenters. The molecule has 1 unspecified atom stereocenters. The highest BCUT2D eigenvalue weighted by atomic mass is 35.5. The molecule has 0 radical (unpaired) electrons. The minimum Gasteiger partial charge on any atom is -0.396 e. The van der Waals surface area contributed by atoms with Gasteiger partial charge < -0.3 is 5.11 Å². The van der Waals surface area contributed by atoms with E-state index in [-0.39, 0.29) is 18.3 Å². The average molecular weight is 297 g/mol. The van der Waals surface area contributed by atoms with Crippen molar-refractivity contribution in [2.24, 2.45) is 13.0 Å². The zero-order chi connectivity index (χ0) is 14.7. The first kappa shape index (κ1) is 15.0. The van der Waals surface area contributed by atoms with Crippen LogP contribution < -0.4 is 0 Å². The van der Waals surface area contributed by atoms with Crippen LogP contribution in [0.1, 0.15) is 17.0 Å². The first-order chi connectivity index (χ1) is 9.51. The van der Waals surface area contributed by atoms with Crippen molar-refractivity contribution in [1.29, 1.82) is 0 Å². The fourth-order valence-corrected chi connectivity index (χ4v) is 2.61. The Morgan fingerprint density at radius 2 is 2.15 bits per heavy atom. The van der Waals surface area contributed by atoms with Crippen molar-refractivity contribution >= 4 is 11.6 Å². The van der Waals surface area contributed by atoms with Gasteiger partial charge in [0.2, 0.25) is 0 Å². The Balaban J connectivity index is 2.13. The second-order valence-electron chi connectivity index (χ2n) is 5.06. The third-order valence-electron chi connectivity index (χ3n) is 3.42. The second kappa shape index (κ2) is 6.37. The predicted molar refractivity (Wildman–Crippen MR) is 77.3 cm³/mol. The molecule has 1 aromatic heterocycles. The number of aliphatic hydroxyl groups excluding tert-OH is 1. The molecule has 0 aliphatic heterocycles. The van der Waals surface area contributed by atoms with Gasteiger partial charge >= 0.3 is 0 Å². The van der Waals surface area contributed by atoms with Gasteiger partial charge in [-0.1, -0.05) is 23.7 Å². The Morgan fingerprint density at radius 3 is 2.70 bits per heavy atom. The molecule has 0 fully saturated rings. The number of hydrogen-bond acceptors (Lipinski definition) is 2. The number of halogens is 2. The lowest BCUT2D eigenvalue weighted by molar-refractivity contribution is 0.223. The van der Waals surface area contributed by atoms with Crippen molar-refractivity contribution in [3.8, 4) is 0 Å². The lowest BCUT2D eigenvalue weighted by Gasteiger charge is -2.15. The smallest absolute Gasteiger partial charge is 0.123 e. The van der Waals surface area contributed by atoms with Crippen LogP contribution in [0.5, 0.6) is 0 Å². The number of rotatable bonds is 5. The van der Waals surface area contributed by atoms with Crippen LogP contribution in [0, 0.1) is 18.7 Å². The first-order valence-electron chi connectivity index (χ1n) is 6.54. The maximum atomic E-state index is 13.2. The van der Waals surface area contributed by atoms with Gasteiger partial charge in [0.05, 0.1) is 16.4 Å². The molecule has 1 N–H and O–H groups in total. The van der Waals surface area contributed by atoms with E-state index < -0.39 is 0 Å². The van der Waals surface area contributed by atoms with E-state index in [0.29, 0.717) is 17.9 Å². The van der Waals surface area contributed by atoms with Gasteiger partial charge in [-0.05, 0) is 43.4 Å². The highest BCUT2D eigenvalue weighted by Crippen LogP contribution is 2.23. The van der Waals surface area contributed by atoms with Gasteiger partial charge in [-0.25, -0.2) is 4.39 Å². The zero-order valence-corrected chi connectivity index (χ0v) is 12.4. The average Bonchev–Trinajstić information content (AvgIpc) is 2.64. The van der Waals surface area contributed by atoms with Crippen LogP contribution in [-0.4, -0.2) is 21.5 Å². The summed E-state index contributed by atoms with van der Waals surface area (Å²) in [6.07, 6.45) is 1.22. The topological polar surface area (TPSA) is 38.0 Å². The van der Waals surface area contributed by atoms with Crippen molar-refractivity contribution in [3.63, 3.8) is 0 Å². The molecular formula is C15H18ClFN2O. The predicted octanol–water partition coefficient (Wildman–Crippen LogP) is 2.91. The molecule has 0 aliphatic rings. The summed E-state index contributed by atoms with van der Waals surface area (Å²) in [5, 5.41) is 14.4. The van der Waals surface area contributed by atoms with Gasteiger partial charge in [0.15, 0.2) is 0 Å². The lowest BCUT2D eigenvalue weighted by Crippen LogP contribution is -2.15. The quantitative estimate of drug-likeness (QED) is 0.921. The number of aryl methyl sites for hydroxylation is 2. The number of aromatic nitrogens is 2. The summed E-state index contributed by atoms with van der Waals surface area (Å²) < 4.78 is 14.9. The van der Waals surface area contributed by atoms with Gasteiger partial charge in [-0.2, -0.15) is 5.10 Å². The van der Waals surface area contributed by atoms with E-state index in [1.54, 1.807) is 10.7 Å². The Kier molecular flexibility index (Phi) is 4.78. The van der Waals surface area contributed by atoms with Crippen LogP contribution >= 0.6 is 11.6 Å². The summed E-state index contributed by atoms with van der Waals surface area (Å²) in [6.45, 7) is 1.88. The summed E-state index contributed by atoms with van der Waals surface area (Å²) in [7, 11) is 1.84. The molecule has 3 nitrogen and oxygen atoms in total. The number of hydrogen-bond donors (Lipinski definition) is 1. The van der Waals surface area contributed by atoms with Crippen LogP contribution in [0.25, 0.3) is 0 Å². The Labute approximate surface area is 123 Å². The molecule has 20 heavy (non-hydrogen) atoms. The van der Waals surface area contributed by atoms with E-state index in [0.717, 1.165) is 17.0 Å². The zero-order valence-electron chi connectivity index (χ0n) is 11.6. The van der Waals surface area contributed by atoms with Gasteiger partial charge in [-0.3, -0.25) is 4.68 Å². The molecule has 0 bridgehead atoms. The molecule has 0 spiro atoms. The molecular weight excluding hydrogens is 279 g/mol. The fourth-order valence-electron chi connectivity index (χ4n) is 2.37. The van der Waals surface area contributed by atoms with E-state index in [2.05, 4.69) is 5.10 Å². The minimum atomic E-state index is -0.256. The van der Waals surface area contributed by atoms with Crippen molar-refractivity contribution in [2.75, 3.05) is 6.61 Å². The molecule has 0 amide bonds. The molecule has 1 aromatic carbocycles. The minimum absolute atomic E-state index is 0.0101. The summed E-state index contributed by atoms with van der Waals surface area (Å²) in [4.78, 5) is 0. The maximum absolute atomic E-state index is 13.2. The van der Waals surface area contributed by atoms with Crippen molar-refractivity contribution in [3.05, 3.63) is 52.1 Å². The van der Waals surface area contributed by atoms with Gasteiger partial charge in [-0.15, -0.1) is 0 Å². The van der Waals surface area contributed by atoms with E-state index in [4.69, 9.17) is 11.6 Å². The van der Waals surface area contributed by atoms with Crippen LogP contribution in [0.15, 0.2) is 24.3 Å². The molecule has 5 heteroatoms. The highest BCUT2D eigenvalue weighted by molar-refractivity contribution is 6.31. The summed E-state index contributed by atoms with van der Waals surface area (Å²) >= 11 is 6.22. The van der Waals surface area contributed by atoms with E-state index in [9.17, 15) is 9.50 Å². The number of nitrogens with zero attached hydrogens (tertiary/aromatic N) is 2. The van der Waals surface area contributed by atoms with Gasteiger partial charge in [0.25, 0.3) is 0 Å². The van der Waals surface area contributed by atoms with Crippen LogP contribution in [0.3, 0.4) is 0 Å². The second-order valence-corrected chi connectivity index (χ2v) is 5.43. The number of aliphatic hydroxyl groups is 1. The lowest BCUT2D eigenvalue weighted by atomic mass is 9.95. The molecule has 0 aliphatic carbocycles. The van der Waals surface area contributed by atoms with E-state index >= 15 is 0 Å². The Morgan fingerprint density at radius 1 is 1.40 bits per heavy atom. The maximum Gasteiger partial charge on any atom is 0.123 e. The van der Waals surface area contributed by atoms with Crippen molar-refractivity contribution in [2.45, 2.75) is 19.8 Å². The Bertz CT molecular complexity index is 598. The number of benzene rings is 1. The first-order valence-corrected chi connectivity index (χ1v) is 6.92. The molecule has 0 saturated heterocycles. The standard InChI is InChI=1S/C15H18ClFN2O/c1-10-15(16)14(19(2)18-10)8-12(9-20)6-11-4-3-5-13(17)7-11/h3-5,7,12,20H,6,8-9H2,1-2H3. The third kappa shape index (κ3) is 3.38. The monoisotopic (exact) mass is 296 g/mol. The highest BCUT2D eigenvalue weighted by Gasteiger charge is 2.17. The normalized spacial score (nSPS) is 12.7. The van der Waals surface area contributed by atoms with Gasteiger partial charge in [0, 0.05) is 13.7 Å². The van der Waals surface area contributed by atoms with Crippen LogP contribution in [0.4, 0.5) is 4.39 Å². The van der Waals surface area contributed by atoms with Gasteiger partial charge in [0.1, 0.15) is 5.82 Å². The van der Waals surface area contributed by atoms with E-state index in [1.807, 2.05) is 20.0 Å². The molecule has 0 saturated carbocycles. The van der Waals surface area contributed by atoms with Crippen LogP contribution in [-0.2, 0) is 19.9 Å². The molecule has 1 heterocycles. The Hall–Kier alpha value is -1.39. The summed E-state index contributed by atoms with van der Waals surface area (Å²) in [5.41, 5.74) is 2.56. The molecule has 2 aromatic rings. The molecule has 2 rings (SSSR count). The third-order valence-corrected chi connectivity index (χ3v) is 3.91. The summed E-state index contributed by atoms with van der Waals surface area (Å²) in [6, 6.07) is 6.46. The van der Waals surface area contributed by atoms with Crippen molar-refractivity contribution < 1.29 is 9.50 Å². The van der Waals surface area contributed by atoms with Crippen molar-refractivity contribution in [1.82, 2.24) is 9.78 Å². The SMILES string of the molecule is Cc1nn(C)c(CC(CO)Cc2cccc(F)c2)c1Cl.